The molecular formula is C30H33F3N6O6S. The first-order valence-electron chi connectivity index (χ1n) is 14.4. The Morgan fingerprint density at radius 2 is 1.87 bits per heavy atom. The topological polar surface area (TPSA) is 149 Å². The van der Waals surface area contributed by atoms with Gasteiger partial charge in [0.1, 0.15) is 11.5 Å². The van der Waals surface area contributed by atoms with Crippen LogP contribution < -0.4 is 4.74 Å². The van der Waals surface area contributed by atoms with Crippen molar-refractivity contribution in [3.8, 4) is 5.88 Å². The van der Waals surface area contributed by atoms with Gasteiger partial charge < -0.3 is 14.6 Å². The third-order valence-corrected chi connectivity index (χ3v) is 9.97. The Bertz CT molecular complexity index is 1880. The number of pyridine rings is 3. The maximum Gasteiger partial charge on any atom is 0.452 e. The first-order chi connectivity index (χ1) is 21.6. The molecule has 46 heavy (non-hydrogen) atoms. The van der Waals surface area contributed by atoms with Crippen molar-refractivity contribution in [3.05, 3.63) is 76.6 Å². The molecule has 0 spiro atoms. The molecule has 0 aliphatic carbocycles. The molecular weight excluding hydrogens is 629 g/mol. The third kappa shape index (κ3) is 6.28. The molecule has 0 saturated heterocycles. The molecule has 0 amide bonds. The summed E-state index contributed by atoms with van der Waals surface area (Å²) in [4.78, 5) is 21.2. The van der Waals surface area contributed by atoms with Crippen molar-refractivity contribution in [3.63, 3.8) is 0 Å². The first-order valence-corrected chi connectivity index (χ1v) is 15.8. The molecule has 12 nitrogen and oxygen atoms in total. The lowest BCUT2D eigenvalue weighted by Crippen LogP contribution is -2.34. The minimum Gasteiger partial charge on any atom is -0.481 e. The van der Waals surface area contributed by atoms with Crippen LogP contribution in [0, 0.1) is 19.3 Å². The smallest absolute Gasteiger partial charge is 0.452 e. The second kappa shape index (κ2) is 12.6. The van der Waals surface area contributed by atoms with Crippen LogP contribution in [0.15, 0.2) is 47.8 Å². The van der Waals surface area contributed by atoms with Crippen LogP contribution in [0.5, 0.6) is 5.88 Å². The quantitative estimate of drug-likeness (QED) is 0.315. The number of sulfonamides is 1. The lowest BCUT2D eigenvalue weighted by atomic mass is 9.70. The van der Waals surface area contributed by atoms with Gasteiger partial charge in [0, 0.05) is 49.9 Å². The fourth-order valence-corrected chi connectivity index (χ4v) is 7.10. The van der Waals surface area contributed by atoms with Crippen LogP contribution in [0.2, 0.25) is 0 Å². The second-order valence-corrected chi connectivity index (χ2v) is 13.5. The number of aliphatic carboxylic acids is 1. The number of halogens is 3. The monoisotopic (exact) mass is 662 g/mol. The molecule has 1 aliphatic rings. The van der Waals surface area contributed by atoms with Crippen molar-refractivity contribution in [1.82, 2.24) is 28.9 Å². The number of fused-ring (bicyclic) bond motifs is 2. The Balaban J connectivity index is 1.61. The molecule has 1 unspecified atom stereocenters. The van der Waals surface area contributed by atoms with Gasteiger partial charge >= 0.3 is 12.1 Å². The summed E-state index contributed by atoms with van der Waals surface area (Å²) >= 11 is 0. The molecule has 0 radical (unpaired) electrons. The summed E-state index contributed by atoms with van der Waals surface area (Å²) in [5.74, 6) is -3.32. The third-order valence-electron chi connectivity index (χ3n) is 8.11. The Kier molecular flexibility index (Phi) is 9.07. The number of hydrogen-bond acceptors (Lipinski definition) is 9. The van der Waals surface area contributed by atoms with E-state index in [0.717, 1.165) is 4.40 Å². The van der Waals surface area contributed by atoms with Gasteiger partial charge in [0.15, 0.2) is 5.65 Å². The Labute approximate surface area is 263 Å². The molecule has 16 heteroatoms. The molecule has 4 aromatic heterocycles. The molecule has 1 N–H and O–H groups in total. The standard InChI is InChI=1S/C30H33F3N6O6S/c1-18-22(8-11-39-25(18)36-37-27(39)30(31,32)33)24(29(3,4)28(40)41)20-15-21(19(2)35-16-20)17-38-10-6-12-44-13-14-45-26-23(46(38,42)43)7-5-9-34-26/h5,7-9,11,15-16,24H,6,10,12-14,17H2,1-4H3,(H,40,41). The molecule has 1 aliphatic heterocycles. The summed E-state index contributed by atoms with van der Waals surface area (Å²) in [6.45, 7) is 6.97. The molecule has 0 saturated carbocycles. The van der Waals surface area contributed by atoms with Gasteiger partial charge in [-0.2, -0.15) is 17.5 Å². The number of carboxylic acids is 1. The predicted molar refractivity (Wildman–Crippen MR) is 158 cm³/mol. The van der Waals surface area contributed by atoms with Crippen molar-refractivity contribution in [2.75, 3.05) is 26.4 Å². The highest BCUT2D eigenvalue weighted by molar-refractivity contribution is 7.89. The molecule has 1 atom stereocenters. The Hall–Kier alpha value is -4.15. The predicted octanol–water partition coefficient (Wildman–Crippen LogP) is 4.39. The molecule has 4 aromatic rings. The van der Waals surface area contributed by atoms with Crippen LogP contribution in [0.3, 0.4) is 0 Å². The number of nitrogens with zero attached hydrogens (tertiary/aromatic N) is 6. The van der Waals surface area contributed by atoms with E-state index < -0.39 is 39.3 Å². The minimum atomic E-state index is -4.75. The molecule has 5 heterocycles. The summed E-state index contributed by atoms with van der Waals surface area (Å²) in [7, 11) is -4.12. The number of aryl methyl sites for hydroxylation is 2. The van der Waals surface area contributed by atoms with Gasteiger partial charge in [-0.05, 0) is 74.6 Å². The highest BCUT2D eigenvalue weighted by Crippen LogP contribution is 2.44. The molecule has 246 valence electrons. The summed E-state index contributed by atoms with van der Waals surface area (Å²) in [6.07, 6.45) is -0.242. The largest absolute Gasteiger partial charge is 0.481 e. The summed E-state index contributed by atoms with van der Waals surface area (Å²) < 4.78 is 81.9. The van der Waals surface area contributed by atoms with Gasteiger partial charge in [-0.1, -0.05) is 6.07 Å². The lowest BCUT2D eigenvalue weighted by Gasteiger charge is -2.33. The zero-order valence-electron chi connectivity index (χ0n) is 25.6. The van der Waals surface area contributed by atoms with E-state index in [9.17, 15) is 31.5 Å². The van der Waals surface area contributed by atoms with Gasteiger partial charge in [0.25, 0.3) is 0 Å². The van der Waals surface area contributed by atoms with Gasteiger partial charge in [-0.15, -0.1) is 10.2 Å². The zero-order valence-corrected chi connectivity index (χ0v) is 26.4. The fraction of sp³-hybridized carbons (Fsp3) is 0.433. The van der Waals surface area contributed by atoms with Crippen molar-refractivity contribution >= 4 is 21.6 Å². The van der Waals surface area contributed by atoms with Gasteiger partial charge in [0.05, 0.1) is 12.0 Å². The van der Waals surface area contributed by atoms with Crippen molar-refractivity contribution in [2.45, 2.75) is 57.7 Å². The SMILES string of the molecule is Cc1ncc(C(c2ccn3c(C(F)(F)F)nnc3c2C)C(C)(C)C(=O)O)cc1CN1CCCOCCOc2ncccc2S1(=O)=O. The molecule has 0 fully saturated rings. The average molecular weight is 663 g/mol. The van der Waals surface area contributed by atoms with Crippen molar-refractivity contribution in [2.24, 2.45) is 5.41 Å². The first kappa shape index (κ1) is 33.2. The van der Waals surface area contributed by atoms with E-state index in [0.29, 0.717) is 41.0 Å². The van der Waals surface area contributed by atoms with Crippen LogP contribution in [-0.2, 0) is 32.3 Å². The van der Waals surface area contributed by atoms with Crippen molar-refractivity contribution < 1.29 is 41.0 Å². The number of alkyl halides is 3. The number of rotatable bonds is 6. The van der Waals surface area contributed by atoms with Crippen LogP contribution in [0.4, 0.5) is 13.2 Å². The maximum atomic E-state index is 14.0. The van der Waals surface area contributed by atoms with Crippen molar-refractivity contribution in [1.29, 1.82) is 0 Å². The van der Waals surface area contributed by atoms with E-state index in [1.54, 1.807) is 19.9 Å². The minimum absolute atomic E-state index is 0.0436. The van der Waals surface area contributed by atoms with Gasteiger partial charge in [0.2, 0.25) is 21.7 Å². The van der Waals surface area contributed by atoms with Crippen LogP contribution in [0.1, 0.15) is 60.0 Å². The Morgan fingerprint density at radius 3 is 2.59 bits per heavy atom. The zero-order chi connectivity index (χ0) is 33.4. The van der Waals surface area contributed by atoms with Crippen LogP contribution >= 0.6 is 0 Å². The second-order valence-electron chi connectivity index (χ2n) is 11.5. The molecule has 5 rings (SSSR count). The number of aromatic nitrogens is 5. The normalized spacial score (nSPS) is 17.1. The number of ether oxygens (including phenoxy) is 2. The van der Waals surface area contributed by atoms with Crippen LogP contribution in [-0.4, -0.2) is 74.7 Å². The van der Waals surface area contributed by atoms with E-state index >= 15 is 0 Å². The maximum absolute atomic E-state index is 14.0. The van der Waals surface area contributed by atoms with E-state index in [2.05, 4.69) is 20.2 Å². The summed E-state index contributed by atoms with van der Waals surface area (Å²) in [5.41, 5.74) is 0.626. The number of carboxylic acid groups (broad SMARTS) is 1. The molecule has 0 bridgehead atoms. The summed E-state index contributed by atoms with van der Waals surface area (Å²) in [6, 6.07) is 6.05. The highest BCUT2D eigenvalue weighted by atomic mass is 32.2. The number of carbonyl (C=O) groups is 1. The lowest BCUT2D eigenvalue weighted by molar-refractivity contribution is -0.147. The highest BCUT2D eigenvalue weighted by Gasteiger charge is 2.42. The van der Waals surface area contributed by atoms with Gasteiger partial charge in [-0.25, -0.2) is 13.4 Å². The molecule has 0 aromatic carbocycles. The van der Waals surface area contributed by atoms with E-state index in [1.807, 2.05) is 0 Å². The van der Waals surface area contributed by atoms with Gasteiger partial charge in [-0.3, -0.25) is 14.2 Å². The number of hydrogen-bond donors (Lipinski definition) is 1. The average Bonchev–Trinajstić information content (AvgIpc) is 3.43. The van der Waals surface area contributed by atoms with Crippen LogP contribution in [0.25, 0.3) is 5.65 Å². The fourth-order valence-electron chi connectivity index (χ4n) is 5.56. The van der Waals surface area contributed by atoms with E-state index in [4.69, 9.17) is 9.47 Å². The Morgan fingerprint density at radius 1 is 1.11 bits per heavy atom. The van der Waals surface area contributed by atoms with E-state index in [1.165, 1.54) is 54.9 Å². The summed E-state index contributed by atoms with van der Waals surface area (Å²) in [5, 5.41) is 17.4. The van der Waals surface area contributed by atoms with E-state index in [-0.39, 0.29) is 42.7 Å².